The van der Waals surface area contributed by atoms with E-state index in [4.69, 9.17) is 4.74 Å². The molecule has 1 saturated carbocycles. The predicted molar refractivity (Wildman–Crippen MR) is 141 cm³/mol. The molecule has 180 valence electrons. The Labute approximate surface area is 219 Å². The molecule has 10 heteroatoms. The van der Waals surface area contributed by atoms with E-state index in [0.29, 0.717) is 12.8 Å². The quantitative estimate of drug-likeness (QED) is 0.286. The lowest BCUT2D eigenvalue weighted by Crippen LogP contribution is -2.17. The molecule has 1 atom stereocenters. The van der Waals surface area contributed by atoms with Crippen molar-refractivity contribution in [2.45, 2.75) is 38.2 Å². The van der Waals surface area contributed by atoms with Crippen LogP contribution in [0.5, 0.6) is 0 Å². The molecule has 1 aliphatic rings. The highest BCUT2D eigenvalue weighted by molar-refractivity contribution is 7.28. The van der Waals surface area contributed by atoms with Crippen molar-refractivity contribution in [1.29, 1.82) is 5.26 Å². The van der Waals surface area contributed by atoms with Gasteiger partial charge in [-0.2, -0.15) is 9.64 Å². The Balaban J connectivity index is 1.33. The number of carbonyl (C=O) groups is 2. The predicted octanol–water partition coefficient (Wildman–Crippen LogP) is 6.43. The van der Waals surface area contributed by atoms with Crippen LogP contribution >= 0.6 is 34.2 Å². The number of thiophene rings is 2. The van der Waals surface area contributed by atoms with Crippen molar-refractivity contribution >= 4 is 61.4 Å². The second-order valence-electron chi connectivity index (χ2n) is 8.46. The van der Waals surface area contributed by atoms with Crippen LogP contribution in [0.2, 0.25) is 0 Å². The molecule has 3 heterocycles. The fraction of sp³-hybridized carbons (Fsp3) is 0.231. The Hall–Kier alpha value is -3.70. The Morgan fingerprint density at radius 2 is 1.94 bits per heavy atom. The number of aliphatic carboxylic acids is 1. The summed E-state index contributed by atoms with van der Waals surface area (Å²) in [6.07, 6.45) is 0.186. The van der Waals surface area contributed by atoms with Crippen LogP contribution in [0.1, 0.15) is 57.3 Å². The Kier molecular flexibility index (Phi) is 6.27. The first-order valence-electron chi connectivity index (χ1n) is 11.0. The molecule has 1 aromatic carbocycles. The van der Waals surface area contributed by atoms with Crippen molar-refractivity contribution in [3.8, 4) is 17.9 Å². The number of carbonyl (C=O) groups excluding carboxylic acids is 1. The minimum Gasteiger partial charge on any atom is -0.481 e. The minimum atomic E-state index is -0.764. The fourth-order valence-corrected chi connectivity index (χ4v) is 7.00. The van der Waals surface area contributed by atoms with E-state index in [2.05, 4.69) is 21.5 Å². The van der Waals surface area contributed by atoms with Gasteiger partial charge in [0, 0.05) is 14.3 Å². The number of aromatic nitrogens is 1. The number of hydrogen-bond donors (Lipinski definition) is 2. The molecule has 0 radical (unpaired) electrons. The first-order valence-corrected chi connectivity index (χ1v) is 13.4. The van der Waals surface area contributed by atoms with Gasteiger partial charge in [0.15, 0.2) is 5.69 Å². The van der Waals surface area contributed by atoms with Crippen LogP contribution in [0.25, 0.3) is 9.40 Å². The number of nitriles is 1. The highest BCUT2D eigenvalue weighted by Crippen LogP contribution is 2.52. The number of carboxylic acids is 1. The molecule has 1 fully saturated rings. The molecule has 2 N–H and O–H groups in total. The Morgan fingerprint density at radius 1 is 1.19 bits per heavy atom. The van der Waals surface area contributed by atoms with Gasteiger partial charge in [-0.1, -0.05) is 24.3 Å². The van der Waals surface area contributed by atoms with E-state index in [1.165, 1.54) is 22.7 Å². The van der Waals surface area contributed by atoms with Gasteiger partial charge in [0.25, 0.3) is 0 Å². The van der Waals surface area contributed by atoms with E-state index in [9.17, 15) is 20.0 Å². The summed E-state index contributed by atoms with van der Waals surface area (Å²) in [5, 5.41) is 21.6. The number of ether oxygens (including phenoxy) is 1. The van der Waals surface area contributed by atoms with Crippen LogP contribution in [-0.2, 0) is 14.9 Å². The van der Waals surface area contributed by atoms with Gasteiger partial charge in [-0.15, -0.1) is 22.7 Å². The van der Waals surface area contributed by atoms with Gasteiger partial charge >= 0.3 is 12.1 Å². The second-order valence-corrected chi connectivity index (χ2v) is 11.4. The molecule has 1 unspecified atom stereocenters. The summed E-state index contributed by atoms with van der Waals surface area (Å²) in [6.45, 7) is 3.73. The van der Waals surface area contributed by atoms with Gasteiger partial charge in [0.1, 0.15) is 28.2 Å². The van der Waals surface area contributed by atoms with Gasteiger partial charge in [-0.3, -0.25) is 10.1 Å². The van der Waals surface area contributed by atoms with E-state index < -0.39 is 23.6 Å². The molecule has 0 saturated heterocycles. The lowest BCUT2D eigenvalue weighted by Gasteiger charge is -2.16. The number of benzene rings is 1. The molecule has 0 bridgehead atoms. The zero-order valence-corrected chi connectivity index (χ0v) is 21.7. The molecule has 1 amide bonds. The molecule has 7 nitrogen and oxygen atoms in total. The van der Waals surface area contributed by atoms with Crippen molar-refractivity contribution in [2.24, 2.45) is 0 Å². The van der Waals surface area contributed by atoms with Crippen LogP contribution in [0, 0.1) is 30.1 Å². The number of aryl methyl sites for hydroxylation is 1. The van der Waals surface area contributed by atoms with Crippen molar-refractivity contribution in [2.75, 3.05) is 5.32 Å². The Bertz CT molecular complexity index is 1580. The second kappa shape index (κ2) is 9.40. The Morgan fingerprint density at radius 3 is 2.61 bits per heavy atom. The lowest BCUT2D eigenvalue weighted by atomic mass is 10.1. The summed E-state index contributed by atoms with van der Waals surface area (Å²) in [4.78, 5) is 26.1. The molecule has 36 heavy (non-hydrogen) atoms. The maximum Gasteiger partial charge on any atom is 0.412 e. The van der Waals surface area contributed by atoms with E-state index in [0.717, 1.165) is 41.8 Å². The highest BCUT2D eigenvalue weighted by Gasteiger charge is 2.53. The highest BCUT2D eigenvalue weighted by atomic mass is 32.1. The lowest BCUT2D eigenvalue weighted by molar-refractivity contribution is -0.139. The maximum atomic E-state index is 12.6. The summed E-state index contributed by atoms with van der Waals surface area (Å²) in [5.41, 5.74) is 1.72. The number of rotatable bonds is 5. The van der Waals surface area contributed by atoms with Gasteiger partial charge < -0.3 is 9.84 Å². The van der Waals surface area contributed by atoms with Crippen LogP contribution in [0.4, 0.5) is 10.5 Å². The van der Waals surface area contributed by atoms with E-state index in [1.807, 2.05) is 49.4 Å². The SMILES string of the molecule is Cc1ccccc1C(C)OC(=O)Nc1c(C#Cc2cc3sc(C4(C(=O)O)CC4)cc3s2)nsc1C#N. The van der Waals surface area contributed by atoms with Crippen LogP contribution < -0.4 is 5.32 Å². The smallest absolute Gasteiger partial charge is 0.412 e. The topological polar surface area (TPSA) is 112 Å². The standard InChI is InChI=1S/C26H19N3O4S3/c1-14-5-3-4-6-17(14)15(2)33-25(32)28-23-18(29-36-21(23)13-27)8-7-16-11-19-20(34-16)12-22(35-19)26(9-10-26)24(30)31/h3-6,11-12,15H,9-10H2,1-2H3,(H,28,32)(H,30,31). The molecule has 0 aliphatic heterocycles. The summed E-state index contributed by atoms with van der Waals surface area (Å²) < 4.78 is 11.8. The minimum absolute atomic E-state index is 0.231. The normalized spacial score (nSPS) is 14.4. The summed E-state index contributed by atoms with van der Waals surface area (Å²) in [5.74, 6) is 5.25. The number of nitrogens with one attached hydrogen (secondary N) is 1. The zero-order chi connectivity index (χ0) is 25.4. The first-order chi connectivity index (χ1) is 17.3. The number of fused-ring (bicyclic) bond motifs is 1. The molecular weight excluding hydrogens is 515 g/mol. The number of amides is 1. The van der Waals surface area contributed by atoms with Gasteiger partial charge in [0.05, 0.1) is 4.88 Å². The van der Waals surface area contributed by atoms with Crippen molar-refractivity contribution in [3.63, 3.8) is 0 Å². The zero-order valence-electron chi connectivity index (χ0n) is 19.2. The van der Waals surface area contributed by atoms with Gasteiger partial charge in [-0.25, -0.2) is 4.79 Å². The average molecular weight is 534 g/mol. The molecule has 1 aliphatic carbocycles. The van der Waals surface area contributed by atoms with Crippen LogP contribution in [0.15, 0.2) is 36.4 Å². The van der Waals surface area contributed by atoms with Crippen molar-refractivity contribution in [1.82, 2.24) is 4.37 Å². The first kappa shape index (κ1) is 24.0. The molecule has 0 spiro atoms. The number of anilines is 1. The van der Waals surface area contributed by atoms with E-state index in [-0.39, 0.29) is 16.3 Å². The molecule has 3 aromatic heterocycles. The summed E-state index contributed by atoms with van der Waals surface area (Å²) in [6, 6.07) is 13.6. The monoisotopic (exact) mass is 533 g/mol. The summed E-state index contributed by atoms with van der Waals surface area (Å²) in [7, 11) is 0. The number of hydrogen-bond acceptors (Lipinski definition) is 8. The van der Waals surface area contributed by atoms with Gasteiger partial charge in [0.2, 0.25) is 0 Å². The van der Waals surface area contributed by atoms with Crippen LogP contribution in [-0.4, -0.2) is 21.5 Å². The maximum absolute atomic E-state index is 12.6. The van der Waals surface area contributed by atoms with Crippen LogP contribution in [0.3, 0.4) is 0 Å². The number of nitrogens with zero attached hydrogens (tertiary/aromatic N) is 2. The van der Waals surface area contributed by atoms with Crippen molar-refractivity contribution in [3.05, 3.63) is 67.9 Å². The fourth-order valence-electron chi connectivity index (χ4n) is 3.91. The van der Waals surface area contributed by atoms with Gasteiger partial charge in [-0.05, 0) is 73.3 Å². The third kappa shape index (κ3) is 4.47. The largest absolute Gasteiger partial charge is 0.481 e. The van der Waals surface area contributed by atoms with E-state index in [1.54, 1.807) is 6.92 Å². The van der Waals surface area contributed by atoms with E-state index >= 15 is 0 Å². The molecule has 5 rings (SSSR count). The number of carboxylic acid groups (broad SMARTS) is 1. The van der Waals surface area contributed by atoms with Crippen molar-refractivity contribution < 1.29 is 19.4 Å². The molecule has 4 aromatic rings. The third-order valence-corrected chi connectivity index (χ3v) is 9.24. The average Bonchev–Trinajstić information content (AvgIpc) is 3.23. The summed E-state index contributed by atoms with van der Waals surface area (Å²) >= 11 is 3.93. The third-order valence-electron chi connectivity index (χ3n) is 6.07. The molecular formula is C26H19N3O4S3.